The Hall–Kier alpha value is -0.610. The molecule has 0 unspecified atom stereocenters. The van der Waals surface area contributed by atoms with Crippen molar-refractivity contribution < 1.29 is 9.53 Å². The van der Waals surface area contributed by atoms with E-state index in [1.165, 1.54) is 0 Å². The van der Waals surface area contributed by atoms with Crippen LogP contribution in [-0.2, 0) is 9.53 Å². The molecule has 0 aromatic rings. The minimum Gasteiger partial charge on any atom is -0.377 e. The van der Waals surface area contributed by atoms with Gasteiger partial charge in [-0.15, -0.1) is 0 Å². The molecule has 0 aromatic heterocycles. The lowest BCUT2D eigenvalue weighted by Crippen LogP contribution is -2.49. The smallest absolute Gasteiger partial charge is 0.209 e. The molecule has 0 aliphatic carbocycles. The molecule has 0 spiro atoms. The zero-order chi connectivity index (χ0) is 9.03. The second-order valence-electron chi connectivity index (χ2n) is 3.23. The number of hydrogen-bond donors (Lipinski definition) is 1. The highest BCUT2D eigenvalue weighted by molar-refractivity contribution is 5.47. The van der Waals surface area contributed by atoms with Gasteiger partial charge >= 0.3 is 0 Å². The van der Waals surface area contributed by atoms with Gasteiger partial charge in [-0.05, 0) is 12.8 Å². The lowest BCUT2D eigenvalue weighted by atomic mass is 9.91. The Kier molecular flexibility index (Phi) is 3.05. The lowest BCUT2D eigenvalue weighted by Gasteiger charge is -2.38. The van der Waals surface area contributed by atoms with Crippen molar-refractivity contribution in [2.75, 3.05) is 26.7 Å². The van der Waals surface area contributed by atoms with E-state index >= 15 is 0 Å². The molecule has 1 aliphatic heterocycles. The van der Waals surface area contributed by atoms with Crippen molar-refractivity contribution in [2.45, 2.75) is 18.4 Å². The van der Waals surface area contributed by atoms with E-state index in [1.54, 1.807) is 12.0 Å². The highest BCUT2D eigenvalue weighted by atomic mass is 16.5. The summed E-state index contributed by atoms with van der Waals surface area (Å²) in [6, 6.07) is 0. The van der Waals surface area contributed by atoms with Gasteiger partial charge in [0.25, 0.3) is 0 Å². The molecule has 1 amide bonds. The van der Waals surface area contributed by atoms with Crippen molar-refractivity contribution in [1.82, 2.24) is 4.90 Å². The van der Waals surface area contributed by atoms with Gasteiger partial charge in [0.05, 0.1) is 5.60 Å². The van der Waals surface area contributed by atoms with Crippen LogP contribution in [0.3, 0.4) is 0 Å². The van der Waals surface area contributed by atoms with Crippen LogP contribution in [0.4, 0.5) is 0 Å². The molecule has 1 aliphatic rings. The van der Waals surface area contributed by atoms with E-state index in [0.717, 1.165) is 32.3 Å². The number of piperidine rings is 1. The van der Waals surface area contributed by atoms with Crippen molar-refractivity contribution in [3.8, 4) is 0 Å². The van der Waals surface area contributed by atoms with Crippen molar-refractivity contribution in [3.63, 3.8) is 0 Å². The summed E-state index contributed by atoms with van der Waals surface area (Å²) in [7, 11) is 1.68. The number of hydrogen-bond acceptors (Lipinski definition) is 3. The molecule has 12 heavy (non-hydrogen) atoms. The van der Waals surface area contributed by atoms with E-state index in [2.05, 4.69) is 0 Å². The monoisotopic (exact) mass is 172 g/mol. The Morgan fingerprint density at radius 3 is 2.50 bits per heavy atom. The minimum atomic E-state index is -0.181. The highest BCUT2D eigenvalue weighted by Gasteiger charge is 2.32. The standard InChI is InChI=1S/C8H16N2O2/c1-12-8(6-9)2-4-10(7-11)5-3-8/h7H,2-6,9H2,1H3. The molecule has 0 bridgehead atoms. The van der Waals surface area contributed by atoms with Crippen LogP contribution in [0.15, 0.2) is 0 Å². The van der Waals surface area contributed by atoms with Gasteiger partial charge in [0.1, 0.15) is 0 Å². The van der Waals surface area contributed by atoms with Crippen LogP contribution in [0.2, 0.25) is 0 Å². The SMILES string of the molecule is COC1(CN)CCN(C=O)CC1. The molecule has 0 atom stereocenters. The Balaban J connectivity index is 2.47. The third kappa shape index (κ3) is 1.76. The fraction of sp³-hybridized carbons (Fsp3) is 0.875. The molecule has 1 saturated heterocycles. The first-order chi connectivity index (χ1) is 5.76. The van der Waals surface area contributed by atoms with Crippen LogP contribution in [-0.4, -0.2) is 43.7 Å². The quantitative estimate of drug-likeness (QED) is 0.588. The average molecular weight is 172 g/mol. The molecule has 0 aromatic carbocycles. The van der Waals surface area contributed by atoms with Gasteiger partial charge in [-0.2, -0.15) is 0 Å². The molecule has 2 N–H and O–H groups in total. The summed E-state index contributed by atoms with van der Waals surface area (Å²) in [5, 5.41) is 0. The first kappa shape index (κ1) is 9.48. The second kappa shape index (κ2) is 3.87. The largest absolute Gasteiger partial charge is 0.377 e. The average Bonchev–Trinajstić information content (AvgIpc) is 2.18. The zero-order valence-corrected chi connectivity index (χ0v) is 7.45. The van der Waals surface area contributed by atoms with Crippen molar-refractivity contribution in [3.05, 3.63) is 0 Å². The normalized spacial score (nSPS) is 22.3. The summed E-state index contributed by atoms with van der Waals surface area (Å²) in [5.74, 6) is 0. The summed E-state index contributed by atoms with van der Waals surface area (Å²) in [6.45, 7) is 2.05. The van der Waals surface area contributed by atoms with Gasteiger partial charge in [0, 0.05) is 26.7 Å². The van der Waals surface area contributed by atoms with Crippen molar-refractivity contribution in [1.29, 1.82) is 0 Å². The third-order valence-electron chi connectivity index (χ3n) is 2.66. The molecule has 1 rings (SSSR count). The fourth-order valence-corrected chi connectivity index (χ4v) is 1.53. The summed E-state index contributed by atoms with van der Waals surface area (Å²) in [6.07, 6.45) is 2.58. The van der Waals surface area contributed by atoms with Crippen LogP contribution < -0.4 is 5.73 Å². The number of nitrogens with zero attached hydrogens (tertiary/aromatic N) is 1. The third-order valence-corrected chi connectivity index (χ3v) is 2.66. The maximum atomic E-state index is 10.4. The van der Waals surface area contributed by atoms with Crippen LogP contribution in [0.1, 0.15) is 12.8 Å². The number of nitrogens with two attached hydrogens (primary N) is 1. The van der Waals surface area contributed by atoms with Gasteiger partial charge in [-0.3, -0.25) is 4.79 Å². The molecular formula is C8H16N2O2. The summed E-state index contributed by atoms with van der Waals surface area (Å²) >= 11 is 0. The van der Waals surface area contributed by atoms with Crippen LogP contribution in [0, 0.1) is 0 Å². The maximum Gasteiger partial charge on any atom is 0.209 e. The van der Waals surface area contributed by atoms with Crippen LogP contribution in [0.5, 0.6) is 0 Å². The number of ether oxygens (including phenoxy) is 1. The predicted octanol–water partition coefficient (Wildman–Crippen LogP) is -0.417. The molecular weight excluding hydrogens is 156 g/mol. The Morgan fingerprint density at radius 2 is 2.17 bits per heavy atom. The topological polar surface area (TPSA) is 55.6 Å². The number of rotatable bonds is 3. The number of carbonyl (C=O) groups excluding carboxylic acids is 1. The predicted molar refractivity (Wildman–Crippen MR) is 45.7 cm³/mol. The molecule has 0 saturated carbocycles. The second-order valence-corrected chi connectivity index (χ2v) is 3.23. The van der Waals surface area contributed by atoms with E-state index < -0.39 is 0 Å². The number of carbonyl (C=O) groups is 1. The minimum absolute atomic E-state index is 0.181. The molecule has 1 heterocycles. The van der Waals surface area contributed by atoms with Crippen molar-refractivity contribution >= 4 is 6.41 Å². The van der Waals surface area contributed by atoms with Crippen LogP contribution in [0.25, 0.3) is 0 Å². The highest BCUT2D eigenvalue weighted by Crippen LogP contribution is 2.23. The van der Waals surface area contributed by atoms with E-state index in [0.29, 0.717) is 6.54 Å². The molecule has 70 valence electrons. The summed E-state index contributed by atoms with van der Waals surface area (Å²) in [4.78, 5) is 12.2. The number of amides is 1. The van der Waals surface area contributed by atoms with Gasteiger partial charge in [0.2, 0.25) is 6.41 Å². The van der Waals surface area contributed by atoms with E-state index in [-0.39, 0.29) is 5.60 Å². The van der Waals surface area contributed by atoms with E-state index in [4.69, 9.17) is 10.5 Å². The molecule has 4 nitrogen and oxygen atoms in total. The maximum absolute atomic E-state index is 10.4. The Bertz CT molecular complexity index is 147. The fourth-order valence-electron chi connectivity index (χ4n) is 1.53. The summed E-state index contributed by atoms with van der Waals surface area (Å²) < 4.78 is 5.35. The lowest BCUT2D eigenvalue weighted by molar-refractivity contribution is -0.123. The van der Waals surface area contributed by atoms with Gasteiger partial charge in [0.15, 0.2) is 0 Å². The van der Waals surface area contributed by atoms with E-state index in [1.807, 2.05) is 0 Å². The van der Waals surface area contributed by atoms with Crippen molar-refractivity contribution in [2.24, 2.45) is 5.73 Å². The van der Waals surface area contributed by atoms with Gasteiger partial charge < -0.3 is 15.4 Å². The van der Waals surface area contributed by atoms with Gasteiger partial charge in [-0.1, -0.05) is 0 Å². The summed E-state index contributed by atoms with van der Waals surface area (Å²) in [5.41, 5.74) is 5.42. The Labute approximate surface area is 72.7 Å². The number of methoxy groups -OCH3 is 1. The molecule has 1 fully saturated rings. The van der Waals surface area contributed by atoms with Crippen LogP contribution >= 0.6 is 0 Å². The Morgan fingerprint density at radius 1 is 1.58 bits per heavy atom. The zero-order valence-electron chi connectivity index (χ0n) is 7.45. The van der Waals surface area contributed by atoms with Gasteiger partial charge in [-0.25, -0.2) is 0 Å². The molecule has 0 radical (unpaired) electrons. The first-order valence-electron chi connectivity index (χ1n) is 4.21. The molecule has 4 heteroatoms. The number of likely N-dealkylation sites (tertiary alicyclic amines) is 1. The van der Waals surface area contributed by atoms with E-state index in [9.17, 15) is 4.79 Å². The first-order valence-corrected chi connectivity index (χ1v) is 4.21.